The molecule has 0 bridgehead atoms. The molecule has 3 N–H and O–H groups in total. The van der Waals surface area contributed by atoms with Gasteiger partial charge in [0.15, 0.2) is 0 Å². The number of hydrogen-bond donors (Lipinski definition) is 3. The van der Waals surface area contributed by atoms with Crippen molar-refractivity contribution < 1.29 is 28.5 Å². The van der Waals surface area contributed by atoms with Gasteiger partial charge in [-0.2, -0.15) is 0 Å². The predicted octanol–water partition coefficient (Wildman–Crippen LogP) is 4.21. The summed E-state index contributed by atoms with van der Waals surface area (Å²) in [6, 6.07) is 15.0. The molecule has 0 aliphatic rings. The van der Waals surface area contributed by atoms with Crippen LogP contribution in [0.1, 0.15) is 0 Å². The standard InChI is InChI=1S/3C6H5FO.B/c3*7-5-1-3-6(8)4-2-5;/h3*1-4,8H;. The van der Waals surface area contributed by atoms with Crippen molar-refractivity contribution >= 4 is 8.41 Å². The van der Waals surface area contributed by atoms with Crippen LogP contribution in [0.4, 0.5) is 13.2 Å². The van der Waals surface area contributed by atoms with Gasteiger partial charge >= 0.3 is 0 Å². The molecule has 7 heteroatoms. The molecule has 25 heavy (non-hydrogen) atoms. The minimum absolute atomic E-state index is 0. The number of rotatable bonds is 0. The fourth-order valence-corrected chi connectivity index (χ4v) is 1.32. The highest BCUT2D eigenvalue weighted by Gasteiger charge is 1.87. The zero-order chi connectivity index (χ0) is 17.9. The van der Waals surface area contributed by atoms with Crippen LogP contribution in [0.2, 0.25) is 0 Å². The predicted molar refractivity (Wildman–Crippen MR) is 89.9 cm³/mol. The first-order valence-electron chi connectivity index (χ1n) is 6.70. The van der Waals surface area contributed by atoms with Crippen LogP contribution in [0, 0.1) is 17.5 Å². The van der Waals surface area contributed by atoms with Gasteiger partial charge in [0, 0.05) is 8.41 Å². The number of phenols is 3. The molecular weight excluding hydrogens is 332 g/mol. The average Bonchev–Trinajstić information content (AvgIpc) is 2.57. The van der Waals surface area contributed by atoms with Gasteiger partial charge in [0.25, 0.3) is 0 Å². The monoisotopic (exact) mass is 347 g/mol. The lowest BCUT2D eigenvalue weighted by atomic mass is 10.3. The topological polar surface area (TPSA) is 60.7 Å². The molecule has 0 aliphatic heterocycles. The summed E-state index contributed by atoms with van der Waals surface area (Å²) in [4.78, 5) is 0. The summed E-state index contributed by atoms with van der Waals surface area (Å²) in [6.07, 6.45) is 0. The van der Waals surface area contributed by atoms with Crippen LogP contribution < -0.4 is 0 Å². The molecule has 0 saturated heterocycles. The van der Waals surface area contributed by atoms with Crippen molar-refractivity contribution in [2.24, 2.45) is 0 Å². The Kier molecular flexibility index (Phi) is 10.0. The Morgan fingerprint density at radius 2 is 0.560 bits per heavy atom. The number of hydrogen-bond acceptors (Lipinski definition) is 3. The Bertz CT molecular complexity index is 552. The van der Waals surface area contributed by atoms with Gasteiger partial charge in [0.2, 0.25) is 0 Å². The fraction of sp³-hybridized carbons (Fsp3) is 0. The normalized spacial score (nSPS) is 8.76. The quantitative estimate of drug-likeness (QED) is 0.534. The molecule has 0 heterocycles. The van der Waals surface area contributed by atoms with Gasteiger partial charge in [0.05, 0.1) is 0 Å². The van der Waals surface area contributed by atoms with E-state index in [-0.39, 0.29) is 43.1 Å². The van der Waals surface area contributed by atoms with E-state index in [1.54, 1.807) is 0 Å². The molecule has 0 saturated carbocycles. The minimum atomic E-state index is -0.331. The van der Waals surface area contributed by atoms with E-state index in [0.29, 0.717) is 0 Å². The van der Waals surface area contributed by atoms with Crippen molar-refractivity contribution in [2.45, 2.75) is 0 Å². The maximum absolute atomic E-state index is 12.0. The summed E-state index contributed by atoms with van der Waals surface area (Å²) in [5.41, 5.74) is 0. The van der Waals surface area contributed by atoms with Crippen molar-refractivity contribution in [1.82, 2.24) is 0 Å². The van der Waals surface area contributed by atoms with E-state index < -0.39 is 0 Å². The summed E-state index contributed by atoms with van der Waals surface area (Å²) in [5.74, 6) is -0.724. The Morgan fingerprint density at radius 1 is 0.400 bits per heavy atom. The van der Waals surface area contributed by atoms with Crippen LogP contribution in [0.5, 0.6) is 17.2 Å². The number of benzene rings is 3. The van der Waals surface area contributed by atoms with Crippen LogP contribution in [-0.2, 0) is 0 Å². The van der Waals surface area contributed by atoms with Crippen LogP contribution in [0.25, 0.3) is 0 Å². The molecule has 3 nitrogen and oxygen atoms in total. The van der Waals surface area contributed by atoms with Gasteiger partial charge < -0.3 is 15.3 Å². The molecule has 3 rings (SSSR count). The van der Waals surface area contributed by atoms with Gasteiger partial charge in [-0.25, -0.2) is 13.2 Å². The fourth-order valence-electron chi connectivity index (χ4n) is 1.32. The van der Waals surface area contributed by atoms with E-state index in [9.17, 15) is 13.2 Å². The van der Waals surface area contributed by atoms with E-state index in [2.05, 4.69) is 0 Å². The van der Waals surface area contributed by atoms with Crippen molar-refractivity contribution in [1.29, 1.82) is 0 Å². The largest absolute Gasteiger partial charge is 0.508 e. The van der Waals surface area contributed by atoms with Gasteiger partial charge in [-0.15, -0.1) is 0 Å². The van der Waals surface area contributed by atoms with Crippen LogP contribution in [-0.4, -0.2) is 23.7 Å². The maximum atomic E-state index is 12.0. The van der Waals surface area contributed by atoms with Crippen LogP contribution in [0.3, 0.4) is 0 Å². The zero-order valence-corrected chi connectivity index (χ0v) is 13.0. The molecule has 0 atom stereocenters. The zero-order valence-electron chi connectivity index (χ0n) is 13.0. The number of halogens is 3. The smallest absolute Gasteiger partial charge is 0.123 e. The van der Waals surface area contributed by atoms with E-state index in [4.69, 9.17) is 15.3 Å². The second kappa shape index (κ2) is 11.5. The molecule has 0 aromatic heterocycles. The van der Waals surface area contributed by atoms with Crippen LogP contribution >= 0.6 is 0 Å². The number of aromatic hydroxyl groups is 3. The van der Waals surface area contributed by atoms with Gasteiger partial charge in [-0.1, -0.05) is 0 Å². The SMILES string of the molecule is Oc1ccc(F)cc1.Oc1ccc(F)cc1.Oc1ccc(F)cc1.[B]. The molecular formula is C18H15BF3O3. The maximum Gasteiger partial charge on any atom is 0.123 e. The third-order valence-electron chi connectivity index (χ3n) is 2.48. The summed E-state index contributed by atoms with van der Waals surface area (Å²) in [5, 5.41) is 25.8. The highest BCUT2D eigenvalue weighted by Crippen LogP contribution is 2.08. The second-order valence-corrected chi connectivity index (χ2v) is 4.43. The highest BCUT2D eigenvalue weighted by atomic mass is 19.1. The average molecular weight is 347 g/mol. The van der Waals surface area contributed by atoms with Crippen molar-refractivity contribution in [3.05, 3.63) is 90.2 Å². The Labute approximate surface area is 145 Å². The summed E-state index contributed by atoms with van der Waals surface area (Å²) >= 11 is 0. The molecule has 3 radical (unpaired) electrons. The summed E-state index contributed by atoms with van der Waals surface area (Å²) in [7, 11) is 0. The molecule has 0 aliphatic carbocycles. The highest BCUT2D eigenvalue weighted by molar-refractivity contribution is 5.75. The van der Waals surface area contributed by atoms with E-state index in [0.717, 1.165) is 0 Å². The minimum Gasteiger partial charge on any atom is -0.508 e. The van der Waals surface area contributed by atoms with Crippen LogP contribution in [0.15, 0.2) is 72.8 Å². The molecule has 3 aromatic carbocycles. The molecule has 0 unspecified atom stereocenters. The van der Waals surface area contributed by atoms with E-state index >= 15 is 0 Å². The van der Waals surface area contributed by atoms with Crippen molar-refractivity contribution in [2.75, 3.05) is 0 Å². The van der Waals surface area contributed by atoms with Gasteiger partial charge in [-0.3, -0.25) is 0 Å². The van der Waals surface area contributed by atoms with E-state index in [1.807, 2.05) is 0 Å². The van der Waals surface area contributed by atoms with Crippen molar-refractivity contribution in [3.8, 4) is 17.2 Å². The number of phenolic OH excluding ortho intramolecular Hbond substituents is 3. The Morgan fingerprint density at radius 3 is 0.680 bits per heavy atom. The molecule has 0 fully saturated rings. The first-order valence-corrected chi connectivity index (χ1v) is 6.70. The Hall–Kier alpha value is -3.09. The van der Waals surface area contributed by atoms with Gasteiger partial charge in [0.1, 0.15) is 34.7 Å². The lowest BCUT2D eigenvalue weighted by molar-refractivity contribution is 0.472. The first-order chi connectivity index (χ1) is 11.4. The van der Waals surface area contributed by atoms with Crippen molar-refractivity contribution in [3.63, 3.8) is 0 Å². The summed E-state index contributed by atoms with van der Waals surface area (Å²) < 4.78 is 35.9. The van der Waals surface area contributed by atoms with E-state index in [1.165, 1.54) is 72.8 Å². The second-order valence-electron chi connectivity index (χ2n) is 4.43. The van der Waals surface area contributed by atoms with Gasteiger partial charge in [-0.05, 0) is 72.8 Å². The Balaban J connectivity index is 0.000000339. The lowest BCUT2D eigenvalue weighted by Crippen LogP contribution is -1.67. The molecule has 129 valence electrons. The molecule has 0 spiro atoms. The lowest BCUT2D eigenvalue weighted by Gasteiger charge is -1.86. The third-order valence-corrected chi connectivity index (χ3v) is 2.48. The molecule has 3 aromatic rings. The summed E-state index contributed by atoms with van der Waals surface area (Å²) in [6.45, 7) is 0. The third kappa shape index (κ3) is 10.3. The first kappa shape index (κ1) is 21.9. The molecule has 0 amide bonds.